The van der Waals surface area contributed by atoms with Gasteiger partial charge in [0.25, 0.3) is 0 Å². The van der Waals surface area contributed by atoms with Crippen LogP contribution in [0.25, 0.3) is 0 Å². The topological polar surface area (TPSA) is 70.6 Å². The number of hydrogen-bond acceptors (Lipinski definition) is 3. The zero-order valence-corrected chi connectivity index (χ0v) is 12.5. The van der Waals surface area contributed by atoms with Gasteiger partial charge in [-0.2, -0.15) is 0 Å². The molecule has 2 fully saturated rings. The van der Waals surface area contributed by atoms with Crippen LogP contribution < -0.4 is 10.6 Å². The monoisotopic (exact) mass is 284 g/mol. The Kier molecular flexibility index (Phi) is 5.66. The molecule has 0 aromatic rings. The molecule has 1 saturated carbocycles. The molecule has 1 saturated heterocycles. The molecule has 0 spiro atoms. The predicted molar refractivity (Wildman–Crippen MR) is 77.5 cm³/mol. The molecular formula is C15H28N2O3. The summed E-state index contributed by atoms with van der Waals surface area (Å²) in [7, 11) is 0. The highest BCUT2D eigenvalue weighted by Gasteiger charge is 2.41. The number of carbonyl (C=O) groups is 1. The van der Waals surface area contributed by atoms with Gasteiger partial charge in [-0.05, 0) is 43.4 Å². The second kappa shape index (κ2) is 7.27. The summed E-state index contributed by atoms with van der Waals surface area (Å²) in [6.07, 6.45) is 6.67. The molecular weight excluding hydrogens is 256 g/mol. The van der Waals surface area contributed by atoms with Crippen molar-refractivity contribution in [3.05, 3.63) is 0 Å². The van der Waals surface area contributed by atoms with Crippen molar-refractivity contribution in [1.82, 2.24) is 10.6 Å². The Labute approximate surface area is 121 Å². The number of amides is 2. The molecule has 2 atom stereocenters. The second-order valence-electron chi connectivity index (χ2n) is 6.33. The highest BCUT2D eigenvalue weighted by molar-refractivity contribution is 5.73. The van der Waals surface area contributed by atoms with Crippen LogP contribution in [0.15, 0.2) is 0 Å². The summed E-state index contributed by atoms with van der Waals surface area (Å²) in [5.41, 5.74) is 0.198. The minimum Gasteiger partial charge on any atom is -0.396 e. The molecule has 3 N–H and O–H groups in total. The van der Waals surface area contributed by atoms with Crippen molar-refractivity contribution in [2.75, 3.05) is 26.3 Å². The van der Waals surface area contributed by atoms with Gasteiger partial charge >= 0.3 is 6.03 Å². The lowest BCUT2D eigenvalue weighted by atomic mass is 9.60. The third kappa shape index (κ3) is 3.85. The third-order valence-electron chi connectivity index (χ3n) is 5.07. The van der Waals surface area contributed by atoms with Crippen LogP contribution in [0, 0.1) is 11.3 Å². The fourth-order valence-corrected chi connectivity index (χ4v) is 3.31. The van der Waals surface area contributed by atoms with Gasteiger partial charge in [-0.3, -0.25) is 0 Å². The maximum atomic E-state index is 11.8. The van der Waals surface area contributed by atoms with Gasteiger partial charge in [-0.25, -0.2) is 4.79 Å². The van der Waals surface area contributed by atoms with Gasteiger partial charge < -0.3 is 20.5 Å². The van der Waals surface area contributed by atoms with Crippen molar-refractivity contribution in [1.29, 1.82) is 0 Å². The van der Waals surface area contributed by atoms with E-state index in [1.807, 2.05) is 0 Å². The van der Waals surface area contributed by atoms with E-state index in [1.54, 1.807) is 0 Å². The molecule has 5 heteroatoms. The molecule has 0 radical (unpaired) electrons. The fourth-order valence-electron chi connectivity index (χ4n) is 3.31. The highest BCUT2D eigenvalue weighted by atomic mass is 16.5. The highest BCUT2D eigenvalue weighted by Crippen LogP contribution is 2.47. The van der Waals surface area contributed by atoms with Crippen molar-refractivity contribution < 1.29 is 14.6 Å². The predicted octanol–water partition coefficient (Wildman–Crippen LogP) is 1.65. The first-order valence-electron chi connectivity index (χ1n) is 7.90. The number of aliphatic hydroxyl groups excluding tert-OH is 1. The van der Waals surface area contributed by atoms with E-state index in [2.05, 4.69) is 17.6 Å². The van der Waals surface area contributed by atoms with Gasteiger partial charge in [0, 0.05) is 26.3 Å². The van der Waals surface area contributed by atoms with E-state index in [1.165, 1.54) is 6.42 Å². The van der Waals surface area contributed by atoms with Crippen LogP contribution in [0.3, 0.4) is 0 Å². The Hall–Kier alpha value is -0.810. The number of urea groups is 1. The molecule has 1 heterocycles. The Balaban J connectivity index is 1.68. The zero-order valence-electron chi connectivity index (χ0n) is 12.5. The quantitative estimate of drug-likeness (QED) is 0.666. The van der Waals surface area contributed by atoms with E-state index in [9.17, 15) is 4.79 Å². The molecule has 0 aromatic carbocycles. The van der Waals surface area contributed by atoms with Gasteiger partial charge in [-0.15, -0.1) is 0 Å². The van der Waals surface area contributed by atoms with Crippen molar-refractivity contribution in [3.63, 3.8) is 0 Å². The number of carbonyl (C=O) groups excluding carboxylic acids is 1. The van der Waals surface area contributed by atoms with Crippen LogP contribution in [0.4, 0.5) is 4.79 Å². The number of ether oxygens (including phenoxy) is 1. The van der Waals surface area contributed by atoms with E-state index < -0.39 is 0 Å². The smallest absolute Gasteiger partial charge is 0.314 e. The number of rotatable bonds is 7. The average Bonchev–Trinajstić information content (AvgIpc) is 2.88. The Morgan fingerprint density at radius 1 is 1.40 bits per heavy atom. The van der Waals surface area contributed by atoms with E-state index in [0.29, 0.717) is 19.0 Å². The van der Waals surface area contributed by atoms with Crippen LogP contribution in [0.1, 0.15) is 45.4 Å². The summed E-state index contributed by atoms with van der Waals surface area (Å²) in [6, 6.07) is -0.0945. The van der Waals surface area contributed by atoms with E-state index >= 15 is 0 Å². The average molecular weight is 284 g/mol. The Bertz CT molecular complexity index is 312. The number of hydrogen-bond donors (Lipinski definition) is 3. The number of aliphatic hydroxyl groups is 1. The molecule has 5 nitrogen and oxygen atoms in total. The molecule has 2 aliphatic rings. The van der Waals surface area contributed by atoms with Gasteiger partial charge in [0.2, 0.25) is 0 Å². The van der Waals surface area contributed by atoms with Gasteiger partial charge in [-0.1, -0.05) is 13.3 Å². The molecule has 0 unspecified atom stereocenters. The first-order valence-corrected chi connectivity index (χ1v) is 7.90. The largest absolute Gasteiger partial charge is 0.396 e. The Morgan fingerprint density at radius 2 is 2.20 bits per heavy atom. The second-order valence-corrected chi connectivity index (χ2v) is 6.33. The lowest BCUT2D eigenvalue weighted by molar-refractivity contribution is 0.0454. The molecule has 0 bridgehead atoms. The maximum Gasteiger partial charge on any atom is 0.314 e. The molecule has 2 amide bonds. The van der Waals surface area contributed by atoms with Crippen LogP contribution in [0.5, 0.6) is 0 Å². The van der Waals surface area contributed by atoms with Crippen molar-refractivity contribution in [2.24, 2.45) is 11.3 Å². The molecule has 0 aromatic heterocycles. The van der Waals surface area contributed by atoms with Crippen LogP contribution in [-0.2, 0) is 4.74 Å². The molecule has 1 aliphatic carbocycles. The molecule has 20 heavy (non-hydrogen) atoms. The summed E-state index contributed by atoms with van der Waals surface area (Å²) < 4.78 is 5.48. The van der Waals surface area contributed by atoms with E-state index in [0.717, 1.165) is 38.7 Å². The van der Waals surface area contributed by atoms with Crippen LogP contribution >= 0.6 is 0 Å². The van der Waals surface area contributed by atoms with E-state index in [-0.39, 0.29) is 24.2 Å². The standard InChI is InChI=1S/C15H28N2O3/c1-12(5-8-18)15(6-3-7-15)11-17-14(19)16-10-13-4-2-9-20-13/h12-13,18H,2-11H2,1H3,(H2,16,17,19)/t12-,13-/m1/s1. The first-order chi connectivity index (χ1) is 9.66. The minimum atomic E-state index is -0.0945. The Morgan fingerprint density at radius 3 is 2.75 bits per heavy atom. The van der Waals surface area contributed by atoms with Crippen molar-refractivity contribution in [3.8, 4) is 0 Å². The summed E-state index contributed by atoms with van der Waals surface area (Å²) in [4.78, 5) is 11.8. The zero-order chi connectivity index (χ0) is 14.4. The van der Waals surface area contributed by atoms with Gasteiger partial charge in [0.15, 0.2) is 0 Å². The lowest BCUT2D eigenvalue weighted by Gasteiger charge is -2.46. The SMILES string of the molecule is C[C@H](CCO)C1(CNC(=O)NC[C@H]2CCCO2)CCC1. The van der Waals surface area contributed by atoms with Crippen molar-refractivity contribution in [2.45, 2.75) is 51.6 Å². The lowest BCUT2D eigenvalue weighted by Crippen LogP contribution is -2.49. The summed E-state index contributed by atoms with van der Waals surface area (Å²) in [6.45, 7) is 4.54. The van der Waals surface area contributed by atoms with Crippen LogP contribution in [-0.4, -0.2) is 43.5 Å². The van der Waals surface area contributed by atoms with Crippen LogP contribution in [0.2, 0.25) is 0 Å². The van der Waals surface area contributed by atoms with Gasteiger partial charge in [0.05, 0.1) is 6.10 Å². The minimum absolute atomic E-state index is 0.0945. The summed E-state index contributed by atoms with van der Waals surface area (Å²) in [5.74, 6) is 0.458. The third-order valence-corrected chi connectivity index (χ3v) is 5.07. The van der Waals surface area contributed by atoms with E-state index in [4.69, 9.17) is 9.84 Å². The summed E-state index contributed by atoms with van der Waals surface area (Å²) >= 11 is 0. The summed E-state index contributed by atoms with van der Waals surface area (Å²) in [5, 5.41) is 15.0. The number of nitrogens with one attached hydrogen (secondary N) is 2. The van der Waals surface area contributed by atoms with Crippen molar-refractivity contribution >= 4 is 6.03 Å². The first kappa shape index (κ1) is 15.6. The molecule has 1 aliphatic heterocycles. The normalized spacial score (nSPS) is 25.8. The molecule has 116 valence electrons. The maximum absolute atomic E-state index is 11.8. The van der Waals surface area contributed by atoms with Gasteiger partial charge in [0.1, 0.15) is 0 Å². The molecule has 2 rings (SSSR count). The fraction of sp³-hybridized carbons (Fsp3) is 0.933.